The van der Waals surface area contributed by atoms with Crippen molar-refractivity contribution in [3.63, 3.8) is 0 Å². The Labute approximate surface area is 175 Å². The molecule has 6 rings (SSSR count). The first-order valence-corrected chi connectivity index (χ1v) is 11.3. The first-order chi connectivity index (χ1) is 14.5. The van der Waals surface area contributed by atoms with E-state index in [1.54, 1.807) is 6.92 Å². The quantitative estimate of drug-likeness (QED) is 0.763. The molecule has 5 heterocycles. The zero-order chi connectivity index (χ0) is 20.6. The predicted molar refractivity (Wildman–Crippen MR) is 114 cm³/mol. The van der Waals surface area contributed by atoms with Gasteiger partial charge >= 0.3 is 0 Å². The maximum Gasteiger partial charge on any atom is 0.243 e. The van der Waals surface area contributed by atoms with Crippen LogP contribution in [-0.2, 0) is 6.42 Å². The fraction of sp³-hybridized carbons (Fsp3) is 0.542. The number of rotatable bonds is 3. The minimum atomic E-state index is -1.65. The van der Waals surface area contributed by atoms with Crippen LogP contribution in [0.25, 0.3) is 17.8 Å². The van der Waals surface area contributed by atoms with Crippen LogP contribution in [0.2, 0.25) is 0 Å². The molecule has 0 radical (unpaired) electrons. The van der Waals surface area contributed by atoms with E-state index in [1.165, 1.54) is 28.2 Å². The molecule has 1 unspecified atom stereocenters. The molecule has 2 aromatic rings. The van der Waals surface area contributed by atoms with Crippen LogP contribution in [0.1, 0.15) is 80.0 Å². The third-order valence-electron chi connectivity index (χ3n) is 7.76. The van der Waals surface area contributed by atoms with Gasteiger partial charge in [0.2, 0.25) is 12.2 Å². The number of oxazole rings is 1. The summed E-state index contributed by atoms with van der Waals surface area (Å²) in [6.45, 7) is 6.36. The van der Waals surface area contributed by atoms with Gasteiger partial charge in [-0.1, -0.05) is 19.1 Å². The van der Waals surface area contributed by atoms with Gasteiger partial charge in [0.15, 0.2) is 5.76 Å². The van der Waals surface area contributed by atoms with E-state index in [0.717, 1.165) is 50.9 Å². The fourth-order valence-electron chi connectivity index (χ4n) is 6.42. The molecule has 2 aromatic heterocycles. The minimum Gasteiger partial charge on any atom is -0.434 e. The number of piperidine rings is 1. The smallest absolute Gasteiger partial charge is 0.243 e. The van der Waals surface area contributed by atoms with E-state index in [2.05, 4.69) is 39.6 Å². The molecule has 0 aromatic carbocycles. The molecule has 4 aliphatic rings. The van der Waals surface area contributed by atoms with Crippen molar-refractivity contribution >= 4 is 17.8 Å². The summed E-state index contributed by atoms with van der Waals surface area (Å²) in [5.41, 5.74) is 4.47. The Bertz CT molecular complexity index is 1190. The Hall–Kier alpha value is -2.15. The predicted octanol–water partition coefficient (Wildman–Crippen LogP) is 2.11. The van der Waals surface area contributed by atoms with Crippen molar-refractivity contribution in [1.82, 2.24) is 14.5 Å². The van der Waals surface area contributed by atoms with E-state index in [9.17, 15) is 10.2 Å². The number of nitrogens with zero attached hydrogens (tertiary/aromatic N) is 3. The lowest BCUT2D eigenvalue weighted by Crippen LogP contribution is -2.51. The zero-order valence-electron chi connectivity index (χ0n) is 17.7. The van der Waals surface area contributed by atoms with Crippen LogP contribution in [0, 0.1) is 12.3 Å². The molecular weight excluding hydrogens is 378 g/mol. The van der Waals surface area contributed by atoms with Gasteiger partial charge in [-0.05, 0) is 68.9 Å². The van der Waals surface area contributed by atoms with E-state index < -0.39 is 6.29 Å². The van der Waals surface area contributed by atoms with Gasteiger partial charge in [-0.2, -0.15) is 0 Å². The monoisotopic (exact) mass is 407 g/mol. The summed E-state index contributed by atoms with van der Waals surface area (Å²) >= 11 is 0. The van der Waals surface area contributed by atoms with Gasteiger partial charge in [0.1, 0.15) is 5.70 Å². The highest BCUT2D eigenvalue weighted by Gasteiger charge is 2.50. The van der Waals surface area contributed by atoms with Crippen LogP contribution in [0.4, 0.5) is 0 Å². The number of hydrogen-bond acceptors (Lipinski definition) is 5. The molecule has 1 aliphatic carbocycles. The molecule has 0 spiro atoms. The summed E-state index contributed by atoms with van der Waals surface area (Å²) in [7, 11) is 0. The number of fused-ring (bicyclic) bond motifs is 3. The Kier molecular flexibility index (Phi) is 3.98. The molecule has 0 bridgehead atoms. The molecule has 2 atom stereocenters. The van der Waals surface area contributed by atoms with Crippen molar-refractivity contribution in [2.24, 2.45) is 5.41 Å². The molecule has 158 valence electrons. The summed E-state index contributed by atoms with van der Waals surface area (Å²) in [6.07, 6.45) is 12.2. The SMILES string of the molecule is CC[C@@]12C=C(c3nc(C)c(C(O)O)o3)n3c4c(c5c3=CCCC=5)CCN(CCC1)C42. The highest BCUT2D eigenvalue weighted by Crippen LogP contribution is 2.55. The summed E-state index contributed by atoms with van der Waals surface area (Å²) in [6, 6.07) is 0.398. The molecule has 0 saturated carbocycles. The van der Waals surface area contributed by atoms with Crippen molar-refractivity contribution in [2.75, 3.05) is 13.1 Å². The lowest BCUT2D eigenvalue weighted by atomic mass is 9.66. The number of aliphatic hydroxyl groups is 2. The molecule has 30 heavy (non-hydrogen) atoms. The van der Waals surface area contributed by atoms with E-state index >= 15 is 0 Å². The van der Waals surface area contributed by atoms with Crippen LogP contribution >= 0.6 is 0 Å². The van der Waals surface area contributed by atoms with Gasteiger partial charge in [-0.15, -0.1) is 0 Å². The second-order valence-electron chi connectivity index (χ2n) is 9.23. The normalized spacial score (nSPS) is 27.2. The van der Waals surface area contributed by atoms with Crippen LogP contribution < -0.4 is 10.6 Å². The standard InChI is InChI=1S/C24H29N3O3/c1-3-24-10-6-11-26-12-9-16-15-7-4-5-8-17(15)27(19(16)21(24)26)18(13-24)22-25-14(2)20(30-22)23(28)29/h7-8,13,21,23,28-29H,3-6,9-12H2,1-2H3/t21?,24-/m0/s1. The second kappa shape index (κ2) is 6.42. The molecule has 6 nitrogen and oxygen atoms in total. The van der Waals surface area contributed by atoms with Crippen LogP contribution in [0.3, 0.4) is 0 Å². The average Bonchev–Trinajstić information content (AvgIpc) is 3.31. The van der Waals surface area contributed by atoms with Crippen LogP contribution in [0.5, 0.6) is 0 Å². The summed E-state index contributed by atoms with van der Waals surface area (Å²) in [4.78, 5) is 7.33. The average molecular weight is 408 g/mol. The zero-order valence-corrected chi connectivity index (χ0v) is 17.7. The van der Waals surface area contributed by atoms with Crippen molar-refractivity contribution < 1.29 is 14.6 Å². The molecule has 2 N–H and O–H groups in total. The van der Waals surface area contributed by atoms with E-state index in [4.69, 9.17) is 4.42 Å². The Morgan fingerprint density at radius 1 is 1.27 bits per heavy atom. The Morgan fingerprint density at radius 2 is 2.10 bits per heavy atom. The number of aryl methyl sites for hydroxylation is 1. The summed E-state index contributed by atoms with van der Waals surface area (Å²) in [5.74, 6) is 0.624. The highest BCUT2D eigenvalue weighted by molar-refractivity contribution is 5.67. The lowest BCUT2D eigenvalue weighted by Gasteiger charge is -2.53. The van der Waals surface area contributed by atoms with E-state index in [-0.39, 0.29) is 11.2 Å². The Morgan fingerprint density at radius 3 is 2.87 bits per heavy atom. The molecule has 1 fully saturated rings. The summed E-state index contributed by atoms with van der Waals surface area (Å²) in [5, 5.41) is 22.1. The van der Waals surface area contributed by atoms with Crippen molar-refractivity contribution in [3.05, 3.63) is 45.2 Å². The topological polar surface area (TPSA) is 74.7 Å². The van der Waals surface area contributed by atoms with Gasteiger partial charge in [-0.25, -0.2) is 4.98 Å². The van der Waals surface area contributed by atoms with E-state index in [1.807, 2.05) is 0 Å². The largest absolute Gasteiger partial charge is 0.434 e. The Balaban J connectivity index is 1.69. The van der Waals surface area contributed by atoms with Gasteiger partial charge in [0.05, 0.1) is 11.7 Å². The first-order valence-electron chi connectivity index (χ1n) is 11.3. The maximum atomic E-state index is 9.71. The highest BCUT2D eigenvalue weighted by atomic mass is 16.5. The van der Waals surface area contributed by atoms with E-state index in [0.29, 0.717) is 17.6 Å². The molecule has 3 aliphatic heterocycles. The minimum absolute atomic E-state index is 0.0556. The van der Waals surface area contributed by atoms with Crippen LogP contribution in [0.15, 0.2) is 10.5 Å². The molecular formula is C24H29N3O3. The number of aliphatic hydroxyl groups excluding tert-OH is 1. The first kappa shape index (κ1) is 18.6. The fourth-order valence-corrected chi connectivity index (χ4v) is 6.42. The van der Waals surface area contributed by atoms with Gasteiger partial charge in [0.25, 0.3) is 0 Å². The molecule has 1 saturated heterocycles. The third kappa shape index (κ3) is 2.33. The molecule has 0 amide bonds. The number of aromatic nitrogens is 2. The molecule has 6 heteroatoms. The maximum absolute atomic E-state index is 9.71. The lowest BCUT2D eigenvalue weighted by molar-refractivity contribution is -0.0587. The van der Waals surface area contributed by atoms with Gasteiger partial charge in [-0.3, -0.25) is 4.90 Å². The third-order valence-corrected chi connectivity index (χ3v) is 7.76. The second-order valence-corrected chi connectivity index (χ2v) is 9.23. The summed E-state index contributed by atoms with van der Waals surface area (Å²) < 4.78 is 8.33. The van der Waals surface area contributed by atoms with Gasteiger partial charge in [0, 0.05) is 23.0 Å². The number of hydrogen-bond donors (Lipinski definition) is 2. The van der Waals surface area contributed by atoms with Crippen molar-refractivity contribution in [2.45, 2.75) is 64.7 Å². The van der Waals surface area contributed by atoms with Gasteiger partial charge < -0.3 is 19.2 Å². The van der Waals surface area contributed by atoms with Crippen LogP contribution in [-0.4, -0.2) is 37.8 Å². The van der Waals surface area contributed by atoms with Crippen molar-refractivity contribution in [1.29, 1.82) is 0 Å². The van der Waals surface area contributed by atoms with Crippen molar-refractivity contribution in [3.8, 4) is 0 Å².